The summed E-state index contributed by atoms with van der Waals surface area (Å²) < 4.78 is 0. The Balaban J connectivity index is 2.79. The number of terminal acetylenes is 1. The molecule has 0 aromatic heterocycles. The van der Waals surface area contributed by atoms with Crippen molar-refractivity contribution in [2.75, 3.05) is 0 Å². The molecule has 1 fully saturated rings. The molecule has 66 valence electrons. The first-order valence-corrected chi connectivity index (χ1v) is 4.77. The minimum Gasteiger partial charge on any atom is -0.119 e. The minimum absolute atomic E-state index is 0.429. The van der Waals surface area contributed by atoms with Gasteiger partial charge in [0.2, 0.25) is 0 Å². The molecule has 1 aliphatic carbocycles. The number of allylic oxidation sites excluding steroid dienone is 2. The summed E-state index contributed by atoms with van der Waals surface area (Å²) in [6, 6.07) is 0. The normalized spacial score (nSPS) is 29.7. The zero-order chi connectivity index (χ0) is 9.14. The molecule has 1 rings (SSSR count). The van der Waals surface area contributed by atoms with Gasteiger partial charge in [-0.3, -0.25) is 0 Å². The maximum absolute atomic E-state index is 5.51. The lowest BCUT2D eigenvalue weighted by Crippen LogP contribution is -2.15. The first kappa shape index (κ1) is 9.39. The highest BCUT2D eigenvalue weighted by Gasteiger charge is 2.21. The lowest BCUT2D eigenvalue weighted by molar-refractivity contribution is 0.397. The van der Waals surface area contributed by atoms with Gasteiger partial charge in [0.05, 0.1) is 0 Å². The maximum Gasteiger partial charge on any atom is 0.0414 e. The highest BCUT2D eigenvalue weighted by Crippen LogP contribution is 2.34. The van der Waals surface area contributed by atoms with Gasteiger partial charge < -0.3 is 0 Å². The Hall–Kier alpha value is -0.700. The van der Waals surface area contributed by atoms with Crippen LogP contribution in [0.4, 0.5) is 0 Å². The third-order valence-corrected chi connectivity index (χ3v) is 2.81. The minimum atomic E-state index is 0.429. The summed E-state index contributed by atoms with van der Waals surface area (Å²) in [4.78, 5) is 0. The van der Waals surface area contributed by atoms with Crippen molar-refractivity contribution in [1.29, 1.82) is 0 Å². The fraction of sp³-hybridized carbons (Fsp3) is 0.667. The van der Waals surface area contributed by atoms with E-state index in [4.69, 9.17) is 6.42 Å². The van der Waals surface area contributed by atoms with E-state index in [-0.39, 0.29) is 0 Å². The largest absolute Gasteiger partial charge is 0.119 e. The van der Waals surface area contributed by atoms with Gasteiger partial charge in [0.1, 0.15) is 0 Å². The second-order valence-electron chi connectivity index (χ2n) is 4.12. The first-order chi connectivity index (χ1) is 5.65. The van der Waals surface area contributed by atoms with Crippen LogP contribution in [-0.2, 0) is 0 Å². The molecule has 0 aromatic carbocycles. The van der Waals surface area contributed by atoms with E-state index >= 15 is 0 Å². The number of hydrogen-bond acceptors (Lipinski definition) is 0. The predicted molar refractivity (Wildman–Crippen MR) is 53.7 cm³/mol. The molecule has 0 spiro atoms. The van der Waals surface area contributed by atoms with Crippen molar-refractivity contribution in [2.45, 2.75) is 40.0 Å². The highest BCUT2D eigenvalue weighted by atomic mass is 14.3. The summed E-state index contributed by atoms with van der Waals surface area (Å²) in [5.41, 5.74) is 2.96. The Kier molecular flexibility index (Phi) is 2.98. The first-order valence-electron chi connectivity index (χ1n) is 4.77. The van der Waals surface area contributed by atoms with Gasteiger partial charge >= 0.3 is 0 Å². The molecule has 0 bridgehead atoms. The molecule has 0 heterocycles. The summed E-state index contributed by atoms with van der Waals surface area (Å²) in [5.74, 6) is 4.15. The third-order valence-electron chi connectivity index (χ3n) is 2.81. The number of rotatable bonds is 0. The molecule has 1 unspecified atom stereocenters. The second kappa shape index (κ2) is 3.81. The molecule has 0 aliphatic heterocycles. The van der Waals surface area contributed by atoms with Crippen LogP contribution in [0.1, 0.15) is 40.0 Å². The highest BCUT2D eigenvalue weighted by molar-refractivity contribution is 5.23. The Bertz CT molecular complexity index is 223. The van der Waals surface area contributed by atoms with Crippen molar-refractivity contribution < 1.29 is 0 Å². The standard InChI is InChI=1S/C12H18/c1-5-11-8-10(4)6-7-12(11)9(2)3/h1,10-11H,6-8H2,2-4H3/t10-,11?/m1/s1. The van der Waals surface area contributed by atoms with Crippen LogP contribution in [-0.4, -0.2) is 0 Å². The molecule has 0 radical (unpaired) electrons. The molecule has 0 N–H and O–H groups in total. The Morgan fingerprint density at radius 3 is 2.67 bits per heavy atom. The van der Waals surface area contributed by atoms with Gasteiger partial charge in [0.25, 0.3) is 0 Å². The molecule has 0 amide bonds. The van der Waals surface area contributed by atoms with Crippen molar-refractivity contribution in [3.05, 3.63) is 11.1 Å². The maximum atomic E-state index is 5.51. The van der Waals surface area contributed by atoms with Gasteiger partial charge in [0.15, 0.2) is 0 Å². The average molecular weight is 162 g/mol. The molecular formula is C12H18. The fourth-order valence-corrected chi connectivity index (χ4v) is 2.01. The summed E-state index contributed by atoms with van der Waals surface area (Å²) in [6.07, 6.45) is 9.24. The van der Waals surface area contributed by atoms with Gasteiger partial charge in [-0.1, -0.05) is 24.0 Å². The molecule has 0 saturated heterocycles. The van der Waals surface area contributed by atoms with E-state index in [0.29, 0.717) is 5.92 Å². The summed E-state index contributed by atoms with van der Waals surface area (Å²) >= 11 is 0. The lowest BCUT2D eigenvalue weighted by atomic mass is 9.77. The SMILES string of the molecule is C#CC1C[C@H](C)CCC1=C(C)C. The third kappa shape index (κ3) is 1.91. The molecule has 1 saturated carbocycles. The summed E-state index contributed by atoms with van der Waals surface area (Å²) in [5, 5.41) is 0. The molecule has 0 aromatic rings. The van der Waals surface area contributed by atoms with Crippen LogP contribution in [0.5, 0.6) is 0 Å². The van der Waals surface area contributed by atoms with Crippen molar-refractivity contribution in [2.24, 2.45) is 11.8 Å². The molecule has 1 aliphatic rings. The van der Waals surface area contributed by atoms with E-state index in [1.165, 1.54) is 30.4 Å². The van der Waals surface area contributed by atoms with Crippen LogP contribution in [0.3, 0.4) is 0 Å². The topological polar surface area (TPSA) is 0 Å². The van der Waals surface area contributed by atoms with Crippen LogP contribution in [0.15, 0.2) is 11.1 Å². The van der Waals surface area contributed by atoms with Gasteiger partial charge in [-0.15, -0.1) is 6.42 Å². The van der Waals surface area contributed by atoms with Crippen molar-refractivity contribution in [1.82, 2.24) is 0 Å². The monoisotopic (exact) mass is 162 g/mol. The summed E-state index contributed by atoms with van der Waals surface area (Å²) in [6.45, 7) is 6.65. The van der Waals surface area contributed by atoms with E-state index < -0.39 is 0 Å². The second-order valence-corrected chi connectivity index (χ2v) is 4.12. The van der Waals surface area contributed by atoms with Crippen LogP contribution >= 0.6 is 0 Å². The van der Waals surface area contributed by atoms with Crippen molar-refractivity contribution in [3.8, 4) is 12.3 Å². The fourth-order valence-electron chi connectivity index (χ4n) is 2.01. The van der Waals surface area contributed by atoms with E-state index in [1.54, 1.807) is 0 Å². The van der Waals surface area contributed by atoms with E-state index in [0.717, 1.165) is 5.92 Å². The van der Waals surface area contributed by atoms with E-state index in [9.17, 15) is 0 Å². The van der Waals surface area contributed by atoms with Crippen LogP contribution in [0, 0.1) is 24.2 Å². The molecule has 12 heavy (non-hydrogen) atoms. The van der Waals surface area contributed by atoms with Gasteiger partial charge in [-0.2, -0.15) is 0 Å². The van der Waals surface area contributed by atoms with Crippen molar-refractivity contribution in [3.63, 3.8) is 0 Å². The predicted octanol–water partition coefficient (Wildman–Crippen LogP) is 3.39. The summed E-state index contributed by atoms with van der Waals surface area (Å²) in [7, 11) is 0. The molecular weight excluding hydrogens is 144 g/mol. The van der Waals surface area contributed by atoms with Gasteiger partial charge in [-0.25, -0.2) is 0 Å². The van der Waals surface area contributed by atoms with Crippen LogP contribution < -0.4 is 0 Å². The van der Waals surface area contributed by atoms with Crippen LogP contribution in [0.25, 0.3) is 0 Å². The molecule has 2 atom stereocenters. The smallest absolute Gasteiger partial charge is 0.0414 e. The zero-order valence-corrected chi connectivity index (χ0v) is 8.35. The van der Waals surface area contributed by atoms with Crippen molar-refractivity contribution >= 4 is 0 Å². The average Bonchev–Trinajstić information content (AvgIpc) is 2.03. The molecule has 0 heteroatoms. The zero-order valence-electron chi connectivity index (χ0n) is 8.35. The Morgan fingerprint density at radius 2 is 2.17 bits per heavy atom. The Morgan fingerprint density at radius 1 is 1.50 bits per heavy atom. The lowest BCUT2D eigenvalue weighted by Gasteiger charge is -2.27. The van der Waals surface area contributed by atoms with E-state index in [2.05, 4.69) is 26.7 Å². The van der Waals surface area contributed by atoms with E-state index in [1.807, 2.05) is 0 Å². The quantitative estimate of drug-likeness (QED) is 0.378. The molecule has 0 nitrogen and oxygen atoms in total. The number of hydrogen-bond donors (Lipinski definition) is 0. The van der Waals surface area contributed by atoms with Gasteiger partial charge in [0, 0.05) is 5.92 Å². The van der Waals surface area contributed by atoms with Crippen LogP contribution in [0.2, 0.25) is 0 Å². The van der Waals surface area contributed by atoms with Gasteiger partial charge in [-0.05, 0) is 39.0 Å². The Labute approximate surface area is 76.1 Å².